The van der Waals surface area contributed by atoms with Gasteiger partial charge in [0.05, 0.1) is 16.9 Å². The summed E-state index contributed by atoms with van der Waals surface area (Å²) < 4.78 is 17.5. The lowest BCUT2D eigenvalue weighted by atomic mass is 9.77. The van der Waals surface area contributed by atoms with E-state index in [1.165, 1.54) is 0 Å². The molecule has 2 heterocycles. The van der Waals surface area contributed by atoms with Gasteiger partial charge in [-0.15, -0.1) is 0 Å². The molecule has 1 aromatic rings. The van der Waals surface area contributed by atoms with Gasteiger partial charge >= 0.3 is 13.2 Å². The third-order valence-electron chi connectivity index (χ3n) is 4.35. The Morgan fingerprint density at radius 2 is 1.92 bits per heavy atom. The number of ether oxygens (including phenoxy) is 1. The SMILES string of the molecule is CC(C)(C)OC(=O)NCC(=Cc1cc(N)n[nH]1)B1OC(C)(C)C(C)(C)O1. The lowest BCUT2D eigenvalue weighted by Gasteiger charge is -2.32. The van der Waals surface area contributed by atoms with Crippen LogP contribution in [0.4, 0.5) is 10.6 Å². The van der Waals surface area contributed by atoms with Crippen LogP contribution in [-0.4, -0.2) is 46.8 Å². The molecule has 2 rings (SSSR count). The Labute approximate surface area is 155 Å². The van der Waals surface area contributed by atoms with Crippen LogP contribution in [0, 0.1) is 0 Å². The van der Waals surface area contributed by atoms with Crippen LogP contribution in [0.1, 0.15) is 54.2 Å². The monoisotopic (exact) mass is 364 g/mol. The number of nitrogens with two attached hydrogens (primary N) is 1. The number of nitrogen functional groups attached to an aromatic ring is 1. The molecule has 1 amide bonds. The maximum atomic E-state index is 12.0. The van der Waals surface area contributed by atoms with Crippen molar-refractivity contribution in [3.8, 4) is 0 Å². The molecule has 0 saturated carbocycles. The summed E-state index contributed by atoms with van der Waals surface area (Å²) >= 11 is 0. The number of anilines is 1. The van der Waals surface area contributed by atoms with E-state index in [9.17, 15) is 4.79 Å². The number of nitrogens with one attached hydrogen (secondary N) is 2. The van der Waals surface area contributed by atoms with Gasteiger partial charge in [-0.2, -0.15) is 5.10 Å². The van der Waals surface area contributed by atoms with Gasteiger partial charge in [-0.1, -0.05) is 0 Å². The molecule has 0 aromatic carbocycles. The van der Waals surface area contributed by atoms with Crippen molar-refractivity contribution >= 4 is 25.1 Å². The number of aromatic amines is 1. The standard InChI is InChI=1S/C17H29BN4O4/c1-15(2,3)24-14(23)20-10-11(8-12-9-13(19)22-21-12)18-25-16(4,5)17(6,7)26-18/h8-9H,10H2,1-7H3,(H,20,23)(H3,19,21,22). The van der Waals surface area contributed by atoms with Crippen molar-refractivity contribution in [3.05, 3.63) is 17.2 Å². The summed E-state index contributed by atoms with van der Waals surface area (Å²) in [7, 11) is -0.612. The normalized spacial score (nSPS) is 19.5. The van der Waals surface area contributed by atoms with Gasteiger partial charge in [0.25, 0.3) is 0 Å². The van der Waals surface area contributed by atoms with Gasteiger partial charge in [0.15, 0.2) is 0 Å². The second-order valence-electron chi connectivity index (χ2n) is 8.41. The third kappa shape index (κ3) is 5.01. The lowest BCUT2D eigenvalue weighted by molar-refractivity contribution is 0.00578. The highest BCUT2D eigenvalue weighted by molar-refractivity contribution is 6.56. The Kier molecular flexibility index (Phi) is 5.44. The minimum absolute atomic E-state index is 0.199. The number of aromatic nitrogens is 2. The van der Waals surface area contributed by atoms with Crippen LogP contribution in [0.5, 0.6) is 0 Å². The first-order valence-corrected chi connectivity index (χ1v) is 8.63. The molecule has 144 valence electrons. The van der Waals surface area contributed by atoms with E-state index in [0.717, 1.165) is 5.47 Å². The maximum Gasteiger partial charge on any atom is 0.492 e. The summed E-state index contributed by atoms with van der Waals surface area (Å²) in [5.74, 6) is 0.379. The highest BCUT2D eigenvalue weighted by atomic mass is 16.7. The number of hydrogen-bond donors (Lipinski definition) is 3. The van der Waals surface area contributed by atoms with E-state index in [1.54, 1.807) is 6.07 Å². The third-order valence-corrected chi connectivity index (χ3v) is 4.35. The Hall–Kier alpha value is -2.00. The van der Waals surface area contributed by atoms with E-state index in [4.69, 9.17) is 19.8 Å². The second kappa shape index (κ2) is 6.96. The molecule has 9 heteroatoms. The van der Waals surface area contributed by atoms with E-state index in [-0.39, 0.29) is 6.54 Å². The summed E-state index contributed by atoms with van der Waals surface area (Å²) in [5.41, 5.74) is 5.52. The smallest absolute Gasteiger partial charge is 0.444 e. The number of rotatable bonds is 4. The van der Waals surface area contributed by atoms with Crippen LogP contribution in [0.15, 0.2) is 11.5 Å². The van der Waals surface area contributed by atoms with Crippen molar-refractivity contribution in [2.75, 3.05) is 12.3 Å². The molecule has 0 unspecified atom stereocenters. The molecule has 0 atom stereocenters. The number of nitrogens with zero attached hydrogens (tertiary/aromatic N) is 1. The summed E-state index contributed by atoms with van der Waals surface area (Å²) in [6, 6.07) is 1.69. The second-order valence-corrected chi connectivity index (χ2v) is 8.41. The van der Waals surface area contributed by atoms with Crippen molar-refractivity contribution in [3.63, 3.8) is 0 Å². The first kappa shape index (κ1) is 20.3. The van der Waals surface area contributed by atoms with Crippen molar-refractivity contribution in [1.82, 2.24) is 15.5 Å². The quantitative estimate of drug-likeness (QED) is 0.708. The predicted octanol–water partition coefficient (Wildman–Crippen LogP) is 2.53. The Bertz CT molecular complexity index is 675. The van der Waals surface area contributed by atoms with Crippen molar-refractivity contribution in [2.24, 2.45) is 0 Å². The minimum Gasteiger partial charge on any atom is -0.444 e. The fourth-order valence-electron chi connectivity index (χ4n) is 2.31. The Morgan fingerprint density at radius 1 is 1.35 bits per heavy atom. The van der Waals surface area contributed by atoms with E-state index >= 15 is 0 Å². The van der Waals surface area contributed by atoms with Crippen molar-refractivity contribution in [2.45, 2.75) is 65.3 Å². The number of carbonyl (C=O) groups excluding carboxylic acids is 1. The van der Waals surface area contributed by atoms with Gasteiger partial charge in [-0.25, -0.2) is 4.79 Å². The molecule has 1 saturated heterocycles. The molecule has 4 N–H and O–H groups in total. The zero-order valence-electron chi connectivity index (χ0n) is 16.6. The molecule has 1 aromatic heterocycles. The maximum absolute atomic E-state index is 12.0. The number of hydrogen-bond acceptors (Lipinski definition) is 6. The highest BCUT2D eigenvalue weighted by Gasteiger charge is 2.52. The number of alkyl carbamates (subject to hydrolysis) is 1. The fraction of sp³-hybridized carbons (Fsp3) is 0.647. The summed E-state index contributed by atoms with van der Waals surface area (Å²) in [5, 5.41) is 9.47. The number of H-pyrrole nitrogens is 1. The molecule has 0 radical (unpaired) electrons. The van der Waals surface area contributed by atoms with Gasteiger partial charge in [0.2, 0.25) is 0 Å². The summed E-state index contributed by atoms with van der Waals surface area (Å²) in [4.78, 5) is 12.0. The average molecular weight is 364 g/mol. The first-order valence-electron chi connectivity index (χ1n) is 8.63. The largest absolute Gasteiger partial charge is 0.492 e. The van der Waals surface area contributed by atoms with E-state index in [1.807, 2.05) is 54.5 Å². The zero-order chi connectivity index (χ0) is 19.8. The summed E-state index contributed by atoms with van der Waals surface area (Å²) in [6.45, 7) is 13.5. The summed E-state index contributed by atoms with van der Waals surface area (Å²) in [6.07, 6.45) is 1.30. The van der Waals surface area contributed by atoms with Crippen LogP contribution in [-0.2, 0) is 14.0 Å². The van der Waals surface area contributed by atoms with Crippen LogP contribution < -0.4 is 11.1 Å². The van der Waals surface area contributed by atoms with Crippen molar-refractivity contribution < 1.29 is 18.8 Å². The minimum atomic E-state index is -0.612. The van der Waals surface area contributed by atoms with Crippen LogP contribution in [0.25, 0.3) is 6.08 Å². The molecule has 0 spiro atoms. The number of amides is 1. The van der Waals surface area contributed by atoms with Crippen molar-refractivity contribution in [1.29, 1.82) is 0 Å². The first-order chi connectivity index (χ1) is 11.8. The molecular formula is C17H29BN4O4. The van der Waals surface area contributed by atoms with Gasteiger partial charge in [-0.05, 0) is 60.0 Å². The van der Waals surface area contributed by atoms with Gasteiger partial charge in [-0.3, -0.25) is 5.10 Å². The zero-order valence-corrected chi connectivity index (χ0v) is 16.6. The number of carbonyl (C=O) groups is 1. The topological polar surface area (TPSA) is 111 Å². The average Bonchev–Trinajstić information content (AvgIpc) is 2.93. The van der Waals surface area contributed by atoms with Gasteiger partial charge < -0.3 is 25.1 Å². The predicted molar refractivity (Wildman–Crippen MR) is 101 cm³/mol. The van der Waals surface area contributed by atoms with E-state index in [2.05, 4.69) is 15.5 Å². The molecule has 8 nitrogen and oxygen atoms in total. The van der Waals surface area contributed by atoms with Gasteiger partial charge in [0.1, 0.15) is 11.4 Å². The fourth-order valence-corrected chi connectivity index (χ4v) is 2.31. The molecule has 1 aliphatic rings. The molecule has 0 aliphatic carbocycles. The Balaban J connectivity index is 2.18. The van der Waals surface area contributed by atoms with E-state index < -0.39 is 30.0 Å². The van der Waals surface area contributed by atoms with Crippen LogP contribution >= 0.6 is 0 Å². The van der Waals surface area contributed by atoms with Crippen LogP contribution in [0.2, 0.25) is 0 Å². The Morgan fingerprint density at radius 3 is 2.38 bits per heavy atom. The molecule has 26 heavy (non-hydrogen) atoms. The van der Waals surface area contributed by atoms with Gasteiger partial charge in [0, 0.05) is 12.6 Å². The highest BCUT2D eigenvalue weighted by Crippen LogP contribution is 2.38. The molecule has 1 fully saturated rings. The lowest BCUT2D eigenvalue weighted by Crippen LogP contribution is -2.41. The molecule has 0 bridgehead atoms. The van der Waals surface area contributed by atoms with Crippen LogP contribution in [0.3, 0.4) is 0 Å². The molecule has 1 aliphatic heterocycles. The van der Waals surface area contributed by atoms with E-state index in [0.29, 0.717) is 11.5 Å². The molecular weight excluding hydrogens is 335 g/mol.